The maximum atomic E-state index is 12.0. The zero-order valence-corrected chi connectivity index (χ0v) is 16.0. The lowest BCUT2D eigenvalue weighted by Gasteiger charge is -2.10. The van der Waals surface area contributed by atoms with Gasteiger partial charge in [0.15, 0.2) is 0 Å². The van der Waals surface area contributed by atoms with Gasteiger partial charge in [-0.2, -0.15) is 0 Å². The SMILES string of the molecule is C[C@H](CO)NC(=O)C1=CSC(=C2SC3=C(SCCS3)S2)S1. The first-order valence-corrected chi connectivity index (χ1v) is 11.5. The van der Waals surface area contributed by atoms with E-state index in [0.29, 0.717) is 4.91 Å². The Bertz CT molecular complexity index is 536. The fraction of sp³-hybridized carbons (Fsp3) is 0.417. The van der Waals surface area contributed by atoms with Crippen LogP contribution in [0.1, 0.15) is 6.92 Å². The van der Waals surface area contributed by atoms with Gasteiger partial charge in [-0.1, -0.05) is 47.0 Å². The summed E-state index contributed by atoms with van der Waals surface area (Å²) >= 11 is 10.7. The lowest BCUT2D eigenvalue weighted by Crippen LogP contribution is -2.35. The molecule has 0 aromatic rings. The number of hydrogen-bond donors (Lipinski definition) is 2. The molecule has 0 unspecified atom stereocenters. The summed E-state index contributed by atoms with van der Waals surface area (Å²) in [5.41, 5.74) is 0. The van der Waals surface area contributed by atoms with Gasteiger partial charge in [-0.25, -0.2) is 0 Å². The number of hydrogen-bond acceptors (Lipinski definition) is 8. The van der Waals surface area contributed by atoms with E-state index < -0.39 is 0 Å². The molecule has 0 radical (unpaired) electrons. The van der Waals surface area contributed by atoms with Crippen molar-refractivity contribution in [3.8, 4) is 0 Å². The summed E-state index contributed by atoms with van der Waals surface area (Å²) in [4.78, 5) is 12.8. The number of rotatable bonds is 3. The zero-order chi connectivity index (χ0) is 14.8. The summed E-state index contributed by atoms with van der Waals surface area (Å²) in [6.45, 7) is 1.75. The van der Waals surface area contributed by atoms with Gasteiger partial charge >= 0.3 is 0 Å². The highest BCUT2D eigenvalue weighted by molar-refractivity contribution is 8.43. The number of aliphatic hydroxyl groups is 1. The molecule has 2 N–H and O–H groups in total. The third-order valence-corrected chi connectivity index (χ3v) is 11.3. The first-order chi connectivity index (χ1) is 10.2. The maximum absolute atomic E-state index is 12.0. The minimum absolute atomic E-state index is 0.0401. The van der Waals surface area contributed by atoms with Crippen LogP contribution in [0.4, 0.5) is 0 Å². The van der Waals surface area contributed by atoms with Crippen molar-refractivity contribution >= 4 is 76.5 Å². The molecule has 3 aliphatic rings. The number of carbonyl (C=O) groups excluding carboxylic acids is 1. The van der Waals surface area contributed by atoms with E-state index in [1.54, 1.807) is 18.7 Å². The van der Waals surface area contributed by atoms with Crippen LogP contribution in [0.5, 0.6) is 0 Å². The molecule has 21 heavy (non-hydrogen) atoms. The molecule has 0 spiro atoms. The molecule has 9 heteroatoms. The normalized spacial score (nSPS) is 23.2. The predicted octanol–water partition coefficient (Wildman–Crippen LogP) is 4.02. The maximum Gasteiger partial charge on any atom is 0.258 e. The molecule has 3 nitrogen and oxygen atoms in total. The highest BCUT2D eigenvalue weighted by atomic mass is 32.3. The van der Waals surface area contributed by atoms with Crippen molar-refractivity contribution in [1.29, 1.82) is 0 Å². The molecule has 0 aliphatic carbocycles. The molecule has 0 bridgehead atoms. The molecule has 1 atom stereocenters. The topological polar surface area (TPSA) is 49.3 Å². The van der Waals surface area contributed by atoms with E-state index in [1.807, 2.05) is 52.5 Å². The van der Waals surface area contributed by atoms with Crippen molar-refractivity contribution in [3.05, 3.63) is 27.3 Å². The second kappa shape index (κ2) is 7.55. The van der Waals surface area contributed by atoms with Crippen LogP contribution in [0.2, 0.25) is 0 Å². The Balaban J connectivity index is 1.62. The summed E-state index contributed by atoms with van der Waals surface area (Å²) in [5, 5.41) is 13.7. The van der Waals surface area contributed by atoms with Gasteiger partial charge in [-0.3, -0.25) is 4.79 Å². The average Bonchev–Trinajstić information content (AvgIpc) is 3.13. The van der Waals surface area contributed by atoms with Crippen molar-refractivity contribution in [2.75, 3.05) is 18.1 Å². The number of carbonyl (C=O) groups is 1. The van der Waals surface area contributed by atoms with Gasteiger partial charge < -0.3 is 10.4 Å². The molecule has 1 amide bonds. The number of nitrogens with one attached hydrogen (secondary N) is 1. The molecule has 3 heterocycles. The van der Waals surface area contributed by atoms with Crippen LogP contribution in [-0.2, 0) is 4.79 Å². The van der Waals surface area contributed by atoms with Gasteiger partial charge in [0.25, 0.3) is 5.91 Å². The van der Waals surface area contributed by atoms with E-state index in [1.165, 1.54) is 40.2 Å². The molecule has 0 saturated carbocycles. The monoisotopic (exact) mass is 395 g/mol. The van der Waals surface area contributed by atoms with Crippen LogP contribution in [0.15, 0.2) is 27.3 Å². The fourth-order valence-electron chi connectivity index (χ4n) is 1.59. The van der Waals surface area contributed by atoms with Crippen molar-refractivity contribution in [2.45, 2.75) is 13.0 Å². The van der Waals surface area contributed by atoms with E-state index in [-0.39, 0.29) is 18.6 Å². The number of thioether (sulfide) groups is 6. The number of amides is 1. The highest BCUT2D eigenvalue weighted by Gasteiger charge is 2.30. The molecular formula is C12H13NO2S6. The largest absolute Gasteiger partial charge is 0.394 e. The molecular weight excluding hydrogens is 383 g/mol. The molecule has 3 aliphatic heterocycles. The number of aliphatic hydroxyl groups excluding tert-OH is 1. The average molecular weight is 396 g/mol. The van der Waals surface area contributed by atoms with Crippen LogP contribution in [0, 0.1) is 0 Å². The van der Waals surface area contributed by atoms with Gasteiger partial charge in [0.2, 0.25) is 0 Å². The molecule has 0 aromatic heterocycles. The van der Waals surface area contributed by atoms with Crippen LogP contribution < -0.4 is 5.32 Å². The molecule has 0 aromatic carbocycles. The fourth-order valence-corrected chi connectivity index (χ4v) is 10.0. The molecule has 0 fully saturated rings. The van der Waals surface area contributed by atoms with Gasteiger partial charge in [-0.15, -0.1) is 23.5 Å². The third-order valence-electron chi connectivity index (χ3n) is 2.60. The Morgan fingerprint density at radius 1 is 1.19 bits per heavy atom. The van der Waals surface area contributed by atoms with Crippen LogP contribution in [-0.4, -0.2) is 35.2 Å². The van der Waals surface area contributed by atoms with Crippen molar-refractivity contribution in [3.63, 3.8) is 0 Å². The van der Waals surface area contributed by atoms with E-state index in [4.69, 9.17) is 5.11 Å². The summed E-state index contributed by atoms with van der Waals surface area (Å²) in [7, 11) is 0. The van der Waals surface area contributed by atoms with Crippen LogP contribution in [0.25, 0.3) is 0 Å². The van der Waals surface area contributed by atoms with E-state index in [2.05, 4.69) is 5.32 Å². The summed E-state index contributed by atoms with van der Waals surface area (Å²) in [6.07, 6.45) is 0. The van der Waals surface area contributed by atoms with Gasteiger partial charge in [0.05, 0.1) is 28.5 Å². The Kier molecular flexibility index (Phi) is 5.97. The Morgan fingerprint density at radius 2 is 1.86 bits per heavy atom. The van der Waals surface area contributed by atoms with E-state index >= 15 is 0 Å². The lowest BCUT2D eigenvalue weighted by atomic mass is 10.3. The molecule has 0 saturated heterocycles. The smallest absolute Gasteiger partial charge is 0.258 e. The van der Waals surface area contributed by atoms with Gasteiger partial charge in [0.1, 0.15) is 0 Å². The van der Waals surface area contributed by atoms with Crippen molar-refractivity contribution < 1.29 is 9.90 Å². The standard InChI is InChI=1S/C12H13NO2S6/c1-6(4-14)13-8(15)7-5-18-11(19-7)12-20-9-10(21-12)17-3-2-16-9/h5-6,14H,2-4H2,1H3,(H,13,15)/t6-/m1/s1. The lowest BCUT2D eigenvalue weighted by molar-refractivity contribution is -0.117. The van der Waals surface area contributed by atoms with Gasteiger partial charge in [0, 0.05) is 17.5 Å². The third kappa shape index (κ3) is 3.99. The van der Waals surface area contributed by atoms with Crippen molar-refractivity contribution in [2.24, 2.45) is 0 Å². The minimum Gasteiger partial charge on any atom is -0.394 e. The van der Waals surface area contributed by atoms with Crippen LogP contribution >= 0.6 is 70.6 Å². The Hall–Kier alpha value is 0.750. The summed E-state index contributed by atoms with van der Waals surface area (Å²) in [6, 6.07) is -0.210. The quantitative estimate of drug-likeness (QED) is 0.743. The summed E-state index contributed by atoms with van der Waals surface area (Å²) < 4.78 is 5.34. The Labute approximate surface area is 149 Å². The highest BCUT2D eigenvalue weighted by Crippen LogP contribution is 2.63. The first kappa shape index (κ1) is 16.6. The molecule has 3 rings (SSSR count). The molecule has 114 valence electrons. The van der Waals surface area contributed by atoms with E-state index in [9.17, 15) is 4.79 Å². The van der Waals surface area contributed by atoms with E-state index in [0.717, 1.165) is 0 Å². The van der Waals surface area contributed by atoms with Gasteiger partial charge in [-0.05, 0) is 12.3 Å². The minimum atomic E-state index is -0.210. The summed E-state index contributed by atoms with van der Waals surface area (Å²) in [5.74, 6) is 2.27. The second-order valence-electron chi connectivity index (χ2n) is 4.31. The Morgan fingerprint density at radius 3 is 2.48 bits per heavy atom. The second-order valence-corrected chi connectivity index (χ2v) is 11.5. The van der Waals surface area contributed by atoms with Crippen LogP contribution in [0.3, 0.4) is 0 Å². The van der Waals surface area contributed by atoms with Crippen molar-refractivity contribution in [1.82, 2.24) is 5.32 Å². The first-order valence-electron chi connectivity index (χ1n) is 6.23. The predicted molar refractivity (Wildman–Crippen MR) is 102 cm³/mol. The zero-order valence-electron chi connectivity index (χ0n) is 11.1.